The molecule has 3 heterocycles. The van der Waals surface area contributed by atoms with Crippen molar-refractivity contribution < 1.29 is 4.79 Å². The SMILES string of the molecule is CCc1nccn1CCC(=O)N1CCN(c2ncnc3ccccc23)CC1. The summed E-state index contributed by atoms with van der Waals surface area (Å²) in [5.74, 6) is 2.19. The number of imidazole rings is 1. The lowest BCUT2D eigenvalue weighted by Crippen LogP contribution is -2.49. The van der Waals surface area contributed by atoms with Crippen LogP contribution in [0.25, 0.3) is 10.9 Å². The van der Waals surface area contributed by atoms with Crippen LogP contribution in [0, 0.1) is 0 Å². The Hall–Kier alpha value is -2.96. The molecule has 0 saturated carbocycles. The molecule has 2 aromatic heterocycles. The van der Waals surface area contributed by atoms with E-state index in [0.29, 0.717) is 13.0 Å². The van der Waals surface area contributed by atoms with Gasteiger partial charge in [-0.25, -0.2) is 15.0 Å². The van der Waals surface area contributed by atoms with Crippen molar-refractivity contribution in [1.82, 2.24) is 24.4 Å². The van der Waals surface area contributed by atoms with E-state index in [1.165, 1.54) is 0 Å². The summed E-state index contributed by atoms with van der Waals surface area (Å²) in [6.07, 6.45) is 6.76. The number of piperazine rings is 1. The molecule has 3 aromatic rings. The van der Waals surface area contributed by atoms with Gasteiger partial charge >= 0.3 is 0 Å². The van der Waals surface area contributed by atoms with Crippen LogP contribution in [0.4, 0.5) is 5.82 Å². The van der Waals surface area contributed by atoms with Crippen molar-refractivity contribution in [2.45, 2.75) is 26.3 Å². The quantitative estimate of drug-likeness (QED) is 0.694. The van der Waals surface area contributed by atoms with E-state index in [4.69, 9.17) is 0 Å². The minimum Gasteiger partial charge on any atom is -0.352 e. The Bertz CT molecular complexity index is 924. The fraction of sp³-hybridized carbons (Fsp3) is 0.400. The molecule has 1 amide bonds. The highest BCUT2D eigenvalue weighted by Gasteiger charge is 2.23. The first kappa shape index (κ1) is 17.5. The molecule has 1 saturated heterocycles. The van der Waals surface area contributed by atoms with Crippen LogP contribution < -0.4 is 4.90 Å². The fourth-order valence-electron chi connectivity index (χ4n) is 3.64. The van der Waals surface area contributed by atoms with E-state index in [9.17, 15) is 4.79 Å². The van der Waals surface area contributed by atoms with E-state index in [0.717, 1.165) is 55.1 Å². The topological polar surface area (TPSA) is 67.2 Å². The summed E-state index contributed by atoms with van der Waals surface area (Å²) in [7, 11) is 0. The molecule has 7 nitrogen and oxygen atoms in total. The molecule has 140 valence electrons. The molecule has 0 N–H and O–H groups in total. The number of nitrogens with zero attached hydrogens (tertiary/aromatic N) is 6. The Balaban J connectivity index is 1.36. The third kappa shape index (κ3) is 3.63. The first-order valence-electron chi connectivity index (χ1n) is 9.48. The first-order valence-corrected chi connectivity index (χ1v) is 9.48. The molecule has 0 spiro atoms. The number of aromatic nitrogens is 4. The van der Waals surface area contributed by atoms with E-state index in [-0.39, 0.29) is 5.91 Å². The van der Waals surface area contributed by atoms with Gasteiger partial charge in [0.05, 0.1) is 5.52 Å². The Morgan fingerprint density at radius 1 is 1.07 bits per heavy atom. The zero-order valence-corrected chi connectivity index (χ0v) is 15.6. The predicted molar refractivity (Wildman–Crippen MR) is 105 cm³/mol. The van der Waals surface area contributed by atoms with E-state index >= 15 is 0 Å². The number of para-hydroxylation sites is 1. The minimum absolute atomic E-state index is 0.206. The van der Waals surface area contributed by atoms with Crippen LogP contribution in [-0.2, 0) is 17.8 Å². The lowest BCUT2D eigenvalue weighted by Gasteiger charge is -2.35. The molecule has 0 bridgehead atoms. The predicted octanol–water partition coefficient (Wildman–Crippen LogP) is 2.13. The number of aryl methyl sites for hydroxylation is 2. The number of carbonyl (C=O) groups excluding carboxylic acids is 1. The summed E-state index contributed by atoms with van der Waals surface area (Å²) in [5, 5.41) is 1.06. The van der Waals surface area contributed by atoms with Crippen LogP contribution in [0.1, 0.15) is 19.2 Å². The van der Waals surface area contributed by atoms with Gasteiger partial charge in [-0.2, -0.15) is 0 Å². The first-order chi connectivity index (χ1) is 13.3. The van der Waals surface area contributed by atoms with Crippen molar-refractivity contribution in [2.24, 2.45) is 0 Å². The lowest BCUT2D eigenvalue weighted by molar-refractivity contribution is -0.131. The Morgan fingerprint density at radius 3 is 2.70 bits per heavy atom. The molecule has 4 rings (SSSR count). The molecule has 1 aromatic carbocycles. The van der Waals surface area contributed by atoms with Gasteiger partial charge in [-0.15, -0.1) is 0 Å². The minimum atomic E-state index is 0.206. The molecule has 0 aliphatic carbocycles. The fourth-order valence-corrected chi connectivity index (χ4v) is 3.64. The number of hydrogen-bond acceptors (Lipinski definition) is 5. The summed E-state index contributed by atoms with van der Waals surface area (Å²) in [6.45, 7) is 5.80. The van der Waals surface area contributed by atoms with Crippen LogP contribution in [0.15, 0.2) is 43.0 Å². The maximum atomic E-state index is 12.6. The number of amides is 1. The third-order valence-corrected chi connectivity index (χ3v) is 5.14. The van der Waals surface area contributed by atoms with E-state index in [2.05, 4.69) is 37.4 Å². The Kier molecular flexibility index (Phi) is 5.00. The van der Waals surface area contributed by atoms with E-state index < -0.39 is 0 Å². The van der Waals surface area contributed by atoms with Crippen molar-refractivity contribution in [2.75, 3.05) is 31.1 Å². The number of rotatable bonds is 5. The maximum Gasteiger partial charge on any atom is 0.224 e. The van der Waals surface area contributed by atoms with Gasteiger partial charge in [-0.05, 0) is 12.1 Å². The van der Waals surface area contributed by atoms with Gasteiger partial charge in [0, 0.05) is 63.3 Å². The van der Waals surface area contributed by atoms with Crippen LogP contribution >= 0.6 is 0 Å². The van der Waals surface area contributed by atoms with Gasteiger partial charge in [0.25, 0.3) is 0 Å². The third-order valence-electron chi connectivity index (χ3n) is 5.14. The molecule has 7 heteroatoms. The average Bonchev–Trinajstić information content (AvgIpc) is 3.19. The van der Waals surface area contributed by atoms with Crippen molar-refractivity contribution in [3.8, 4) is 0 Å². The molecule has 1 aliphatic rings. The van der Waals surface area contributed by atoms with Crippen LogP contribution in [-0.4, -0.2) is 56.5 Å². The second-order valence-electron chi connectivity index (χ2n) is 6.72. The molecule has 0 radical (unpaired) electrons. The highest BCUT2D eigenvalue weighted by molar-refractivity contribution is 5.89. The molecular formula is C20H24N6O. The van der Waals surface area contributed by atoms with Gasteiger partial charge in [0.15, 0.2) is 0 Å². The monoisotopic (exact) mass is 364 g/mol. The molecule has 0 unspecified atom stereocenters. The van der Waals surface area contributed by atoms with Gasteiger partial charge in [-0.1, -0.05) is 19.1 Å². The van der Waals surface area contributed by atoms with Crippen molar-refractivity contribution in [3.63, 3.8) is 0 Å². The summed E-state index contributed by atoms with van der Waals surface area (Å²) in [5.41, 5.74) is 0.952. The summed E-state index contributed by atoms with van der Waals surface area (Å²) >= 11 is 0. The number of fused-ring (bicyclic) bond motifs is 1. The standard InChI is InChI=1S/C20H24N6O/c1-2-18-21-8-10-24(18)9-7-19(27)25-11-13-26(14-12-25)20-16-5-3-4-6-17(16)22-15-23-20/h3-6,8,10,15H,2,7,9,11-14H2,1H3. The van der Waals surface area contributed by atoms with Crippen molar-refractivity contribution >= 4 is 22.6 Å². The van der Waals surface area contributed by atoms with E-state index in [1.54, 1.807) is 12.5 Å². The second-order valence-corrected chi connectivity index (χ2v) is 6.72. The second kappa shape index (κ2) is 7.73. The molecule has 0 atom stereocenters. The molecular weight excluding hydrogens is 340 g/mol. The van der Waals surface area contributed by atoms with E-state index in [1.807, 2.05) is 29.3 Å². The number of benzene rings is 1. The van der Waals surface area contributed by atoms with Crippen molar-refractivity contribution in [3.05, 3.63) is 48.8 Å². The summed E-state index contributed by atoms with van der Waals surface area (Å²) in [6, 6.07) is 8.05. The van der Waals surface area contributed by atoms with Crippen LogP contribution in [0.2, 0.25) is 0 Å². The normalized spacial score (nSPS) is 14.7. The largest absolute Gasteiger partial charge is 0.352 e. The van der Waals surface area contributed by atoms with Crippen LogP contribution in [0.3, 0.4) is 0 Å². The molecule has 1 fully saturated rings. The zero-order valence-electron chi connectivity index (χ0n) is 15.6. The Morgan fingerprint density at radius 2 is 1.89 bits per heavy atom. The van der Waals surface area contributed by atoms with Crippen LogP contribution in [0.5, 0.6) is 0 Å². The lowest BCUT2D eigenvalue weighted by atomic mass is 10.2. The maximum absolute atomic E-state index is 12.6. The highest BCUT2D eigenvalue weighted by Crippen LogP contribution is 2.23. The van der Waals surface area contributed by atoms with Gasteiger partial charge in [0.2, 0.25) is 5.91 Å². The van der Waals surface area contributed by atoms with Gasteiger partial charge < -0.3 is 14.4 Å². The van der Waals surface area contributed by atoms with Gasteiger partial charge in [-0.3, -0.25) is 4.79 Å². The highest BCUT2D eigenvalue weighted by atomic mass is 16.2. The van der Waals surface area contributed by atoms with Gasteiger partial charge in [0.1, 0.15) is 18.0 Å². The Labute approximate surface area is 158 Å². The number of hydrogen-bond donors (Lipinski definition) is 0. The molecule has 27 heavy (non-hydrogen) atoms. The zero-order chi connectivity index (χ0) is 18.6. The number of carbonyl (C=O) groups is 1. The summed E-state index contributed by atoms with van der Waals surface area (Å²) in [4.78, 5) is 29.9. The number of anilines is 1. The molecule has 1 aliphatic heterocycles. The average molecular weight is 364 g/mol. The summed E-state index contributed by atoms with van der Waals surface area (Å²) < 4.78 is 2.07. The smallest absolute Gasteiger partial charge is 0.224 e. The van der Waals surface area contributed by atoms with Crippen molar-refractivity contribution in [1.29, 1.82) is 0 Å².